The number of nitrogens with one attached hydrogen (secondary N) is 1. The maximum absolute atomic E-state index is 12.2. The Labute approximate surface area is 142 Å². The molecule has 0 unspecified atom stereocenters. The van der Waals surface area contributed by atoms with E-state index < -0.39 is 6.03 Å². The Morgan fingerprint density at radius 3 is 2.54 bits per heavy atom. The molecule has 7 heteroatoms. The molecule has 1 heterocycles. The molecule has 1 fully saturated rings. The van der Waals surface area contributed by atoms with E-state index in [1.165, 1.54) is 0 Å². The molecule has 1 saturated heterocycles. The maximum Gasteiger partial charge on any atom is 0.312 e. The number of ether oxygens (including phenoxy) is 1. The standard InChI is InChI=1S/C17H26N4O3/c1-24-15-7-3-2-6-14(15)20-10-12-21(13-11-20)16(22)8-4-5-9-19-17(18)23/h2-3,6-7H,4-5,8-13H2,1H3,(H3,18,19,23). The first-order valence-corrected chi connectivity index (χ1v) is 8.31. The van der Waals surface area contributed by atoms with E-state index in [0.29, 0.717) is 13.0 Å². The van der Waals surface area contributed by atoms with E-state index in [9.17, 15) is 9.59 Å². The van der Waals surface area contributed by atoms with Gasteiger partial charge in [0.25, 0.3) is 0 Å². The van der Waals surface area contributed by atoms with Gasteiger partial charge in [-0.25, -0.2) is 4.79 Å². The van der Waals surface area contributed by atoms with Crippen molar-refractivity contribution in [2.75, 3.05) is 44.7 Å². The second-order valence-corrected chi connectivity index (χ2v) is 5.79. The molecule has 3 amide bonds. The molecule has 0 saturated carbocycles. The zero-order valence-corrected chi connectivity index (χ0v) is 14.2. The van der Waals surface area contributed by atoms with Crippen LogP contribution >= 0.6 is 0 Å². The van der Waals surface area contributed by atoms with Gasteiger partial charge in [0.15, 0.2) is 0 Å². The molecule has 0 aromatic heterocycles. The predicted molar refractivity (Wildman–Crippen MR) is 93.2 cm³/mol. The third kappa shape index (κ3) is 5.04. The molecule has 0 bridgehead atoms. The molecule has 24 heavy (non-hydrogen) atoms. The van der Waals surface area contributed by atoms with Crippen LogP contribution in [0.4, 0.5) is 10.5 Å². The quantitative estimate of drug-likeness (QED) is 0.733. The number of benzene rings is 1. The summed E-state index contributed by atoms with van der Waals surface area (Å²) in [5, 5.41) is 2.53. The van der Waals surface area contributed by atoms with Crippen molar-refractivity contribution in [3.05, 3.63) is 24.3 Å². The molecular formula is C17H26N4O3. The van der Waals surface area contributed by atoms with Crippen LogP contribution in [0.2, 0.25) is 0 Å². The molecule has 3 N–H and O–H groups in total. The molecule has 1 aliphatic heterocycles. The van der Waals surface area contributed by atoms with Crippen LogP contribution in [0, 0.1) is 0 Å². The van der Waals surface area contributed by atoms with E-state index in [1.54, 1.807) is 7.11 Å². The molecular weight excluding hydrogens is 308 g/mol. The Morgan fingerprint density at radius 2 is 1.88 bits per heavy atom. The van der Waals surface area contributed by atoms with Crippen LogP contribution < -0.4 is 20.7 Å². The monoisotopic (exact) mass is 334 g/mol. The molecule has 1 aromatic rings. The molecule has 1 aromatic carbocycles. The largest absolute Gasteiger partial charge is 0.495 e. The van der Waals surface area contributed by atoms with Crippen LogP contribution in [-0.4, -0.2) is 56.7 Å². The highest BCUT2D eigenvalue weighted by Gasteiger charge is 2.22. The summed E-state index contributed by atoms with van der Waals surface area (Å²) in [5.41, 5.74) is 6.07. The summed E-state index contributed by atoms with van der Waals surface area (Å²) in [6.45, 7) is 3.56. The Bertz CT molecular complexity index is 557. The van der Waals surface area contributed by atoms with E-state index >= 15 is 0 Å². The number of carbonyl (C=O) groups excluding carboxylic acids is 2. The highest BCUT2D eigenvalue weighted by Crippen LogP contribution is 2.28. The summed E-state index contributed by atoms with van der Waals surface area (Å²) in [6.07, 6.45) is 2.02. The lowest BCUT2D eigenvalue weighted by Crippen LogP contribution is -2.48. The van der Waals surface area contributed by atoms with Gasteiger partial charge >= 0.3 is 6.03 Å². The fourth-order valence-electron chi connectivity index (χ4n) is 2.86. The van der Waals surface area contributed by atoms with Crippen LogP contribution in [0.5, 0.6) is 5.75 Å². The average molecular weight is 334 g/mol. The summed E-state index contributed by atoms with van der Waals surface area (Å²) in [6, 6.07) is 7.42. The molecule has 0 aliphatic carbocycles. The topological polar surface area (TPSA) is 87.9 Å². The number of methoxy groups -OCH3 is 1. The number of piperazine rings is 1. The normalized spacial score (nSPS) is 14.4. The number of unbranched alkanes of at least 4 members (excludes halogenated alkanes) is 1. The highest BCUT2D eigenvalue weighted by atomic mass is 16.5. The van der Waals surface area contributed by atoms with E-state index in [1.807, 2.05) is 29.2 Å². The molecule has 2 rings (SSSR count). The first-order valence-electron chi connectivity index (χ1n) is 8.31. The summed E-state index contributed by atoms with van der Waals surface area (Å²) < 4.78 is 5.40. The number of nitrogens with zero attached hydrogens (tertiary/aromatic N) is 2. The number of nitrogens with two attached hydrogens (primary N) is 1. The Kier molecular flexibility index (Phi) is 6.72. The number of hydrogen-bond acceptors (Lipinski definition) is 4. The minimum absolute atomic E-state index is 0.175. The van der Waals surface area contributed by atoms with E-state index in [2.05, 4.69) is 10.2 Å². The Hall–Kier alpha value is -2.44. The van der Waals surface area contributed by atoms with Gasteiger partial charge in [0.05, 0.1) is 12.8 Å². The van der Waals surface area contributed by atoms with Crippen molar-refractivity contribution < 1.29 is 14.3 Å². The number of carbonyl (C=O) groups is 2. The average Bonchev–Trinajstić information content (AvgIpc) is 2.61. The van der Waals surface area contributed by atoms with Crippen LogP contribution in [-0.2, 0) is 4.79 Å². The lowest BCUT2D eigenvalue weighted by atomic mass is 10.2. The Morgan fingerprint density at radius 1 is 1.17 bits per heavy atom. The SMILES string of the molecule is COc1ccccc1N1CCN(C(=O)CCCCNC(N)=O)CC1. The first kappa shape index (κ1) is 17.9. The van der Waals surface area contributed by atoms with Gasteiger partial charge in [-0.05, 0) is 25.0 Å². The second kappa shape index (κ2) is 9.00. The molecule has 0 radical (unpaired) electrons. The molecule has 7 nitrogen and oxygen atoms in total. The Balaban J connectivity index is 1.74. The minimum Gasteiger partial charge on any atom is -0.495 e. The van der Waals surface area contributed by atoms with Gasteiger partial charge in [0.1, 0.15) is 5.75 Å². The van der Waals surface area contributed by atoms with Crippen molar-refractivity contribution in [3.63, 3.8) is 0 Å². The first-order chi connectivity index (χ1) is 11.6. The van der Waals surface area contributed by atoms with Gasteiger partial charge in [-0.1, -0.05) is 12.1 Å². The van der Waals surface area contributed by atoms with Gasteiger partial charge in [0.2, 0.25) is 5.91 Å². The number of urea groups is 1. The number of anilines is 1. The zero-order valence-electron chi connectivity index (χ0n) is 14.2. The highest BCUT2D eigenvalue weighted by molar-refractivity contribution is 5.76. The van der Waals surface area contributed by atoms with Crippen LogP contribution in [0.1, 0.15) is 19.3 Å². The van der Waals surface area contributed by atoms with Gasteiger partial charge < -0.3 is 25.6 Å². The third-order valence-electron chi connectivity index (χ3n) is 4.17. The lowest BCUT2D eigenvalue weighted by molar-refractivity contribution is -0.131. The molecule has 1 aliphatic rings. The predicted octanol–water partition coefficient (Wildman–Crippen LogP) is 1.18. The summed E-state index contributed by atoms with van der Waals surface area (Å²) in [7, 11) is 1.67. The fraction of sp³-hybridized carbons (Fsp3) is 0.529. The van der Waals surface area contributed by atoms with E-state index in [0.717, 1.165) is 50.5 Å². The van der Waals surface area contributed by atoms with Crippen molar-refractivity contribution in [1.29, 1.82) is 0 Å². The molecule has 132 valence electrons. The van der Waals surface area contributed by atoms with E-state index in [-0.39, 0.29) is 5.91 Å². The van der Waals surface area contributed by atoms with Crippen LogP contribution in [0.15, 0.2) is 24.3 Å². The number of primary amides is 1. The van der Waals surface area contributed by atoms with Crippen molar-refractivity contribution in [2.45, 2.75) is 19.3 Å². The summed E-state index contributed by atoms with van der Waals surface area (Å²) >= 11 is 0. The third-order valence-corrected chi connectivity index (χ3v) is 4.17. The van der Waals surface area contributed by atoms with Crippen LogP contribution in [0.3, 0.4) is 0 Å². The van der Waals surface area contributed by atoms with Gasteiger partial charge in [0, 0.05) is 39.1 Å². The lowest BCUT2D eigenvalue weighted by Gasteiger charge is -2.36. The van der Waals surface area contributed by atoms with E-state index in [4.69, 9.17) is 10.5 Å². The number of amides is 3. The van der Waals surface area contributed by atoms with Gasteiger partial charge in [-0.15, -0.1) is 0 Å². The molecule has 0 atom stereocenters. The summed E-state index contributed by atoms with van der Waals surface area (Å²) in [4.78, 5) is 27.0. The number of rotatable bonds is 7. The number of para-hydroxylation sites is 2. The maximum atomic E-state index is 12.2. The van der Waals surface area contributed by atoms with Gasteiger partial charge in [-0.3, -0.25) is 4.79 Å². The van der Waals surface area contributed by atoms with Crippen molar-refractivity contribution in [3.8, 4) is 5.75 Å². The number of hydrogen-bond donors (Lipinski definition) is 2. The van der Waals surface area contributed by atoms with Crippen molar-refractivity contribution in [1.82, 2.24) is 10.2 Å². The van der Waals surface area contributed by atoms with Crippen LogP contribution in [0.25, 0.3) is 0 Å². The minimum atomic E-state index is -0.520. The van der Waals surface area contributed by atoms with Crippen molar-refractivity contribution in [2.24, 2.45) is 5.73 Å². The second-order valence-electron chi connectivity index (χ2n) is 5.79. The van der Waals surface area contributed by atoms with Gasteiger partial charge in [-0.2, -0.15) is 0 Å². The molecule has 0 spiro atoms. The van der Waals surface area contributed by atoms with Crippen molar-refractivity contribution >= 4 is 17.6 Å². The smallest absolute Gasteiger partial charge is 0.312 e. The zero-order chi connectivity index (χ0) is 17.4. The fourth-order valence-corrected chi connectivity index (χ4v) is 2.86. The summed E-state index contributed by atoms with van der Waals surface area (Å²) in [5.74, 6) is 1.04.